The standard InChI is InChI=1S/C22H28N3O9P/c1-3-31-19(28)14(2)24-35(30,34-15-7-5-4-6-8-15)32-13-16-18(27)22(10-11-22)20(33-16)25-12-9-17(26)23-21(25)29/h4-9,12,14,16,18,20,27H,3,10-11,13H2,1-2H3,(H,24,30)(H,23,26,29)/t14-,16-,18-,20-,35?/m1/s1. The van der Waals surface area contributed by atoms with Gasteiger partial charge in [-0.05, 0) is 38.8 Å². The molecule has 1 unspecified atom stereocenters. The van der Waals surface area contributed by atoms with E-state index in [4.69, 9.17) is 18.5 Å². The number of aliphatic hydroxyl groups excluding tert-OH is 1. The summed E-state index contributed by atoms with van der Waals surface area (Å²) >= 11 is 0. The predicted octanol–water partition coefficient (Wildman–Crippen LogP) is 1.32. The Kier molecular flexibility index (Phi) is 7.30. The lowest BCUT2D eigenvalue weighted by Crippen LogP contribution is -2.37. The van der Waals surface area contributed by atoms with Crippen molar-refractivity contribution >= 4 is 13.7 Å². The molecule has 1 saturated carbocycles. The van der Waals surface area contributed by atoms with Gasteiger partial charge in [0.1, 0.15) is 24.1 Å². The third-order valence-corrected chi connectivity index (χ3v) is 7.68. The van der Waals surface area contributed by atoms with E-state index in [0.717, 1.165) is 0 Å². The number of ether oxygens (including phenoxy) is 2. The molecule has 0 radical (unpaired) electrons. The number of carbonyl (C=O) groups is 1. The van der Waals surface area contributed by atoms with Crippen LogP contribution in [0, 0.1) is 5.41 Å². The zero-order valence-electron chi connectivity index (χ0n) is 19.3. The molecule has 2 aliphatic rings. The van der Waals surface area contributed by atoms with Crippen LogP contribution in [0.1, 0.15) is 32.9 Å². The lowest BCUT2D eigenvalue weighted by atomic mass is 9.96. The molecule has 2 aromatic rings. The molecule has 2 fully saturated rings. The molecule has 12 nitrogen and oxygen atoms in total. The smallest absolute Gasteiger partial charge is 0.459 e. The number of nitrogens with zero attached hydrogens (tertiary/aromatic N) is 1. The van der Waals surface area contributed by atoms with E-state index >= 15 is 0 Å². The molecule has 35 heavy (non-hydrogen) atoms. The molecule has 1 aromatic carbocycles. The van der Waals surface area contributed by atoms with E-state index in [-0.39, 0.29) is 19.0 Å². The molecule has 2 heterocycles. The van der Waals surface area contributed by atoms with Crippen molar-refractivity contribution in [3.8, 4) is 5.75 Å². The number of hydrogen-bond acceptors (Lipinski definition) is 9. The van der Waals surface area contributed by atoms with Gasteiger partial charge in [0.15, 0.2) is 0 Å². The van der Waals surface area contributed by atoms with Gasteiger partial charge in [-0.2, -0.15) is 5.09 Å². The van der Waals surface area contributed by atoms with Crippen molar-refractivity contribution in [3.05, 3.63) is 63.4 Å². The van der Waals surface area contributed by atoms with Gasteiger partial charge in [-0.25, -0.2) is 9.36 Å². The quantitative estimate of drug-likeness (QED) is 0.315. The molecule has 4 rings (SSSR count). The maximum Gasteiger partial charge on any atom is 0.459 e. The van der Waals surface area contributed by atoms with E-state index in [0.29, 0.717) is 12.8 Å². The Morgan fingerprint density at radius 2 is 2.03 bits per heavy atom. The van der Waals surface area contributed by atoms with Crippen LogP contribution in [-0.2, 0) is 23.4 Å². The van der Waals surface area contributed by atoms with E-state index in [1.807, 2.05) is 0 Å². The molecule has 5 atom stereocenters. The lowest BCUT2D eigenvalue weighted by Gasteiger charge is -2.24. The second kappa shape index (κ2) is 10.1. The minimum absolute atomic E-state index is 0.144. The van der Waals surface area contributed by atoms with Gasteiger partial charge >= 0.3 is 19.4 Å². The van der Waals surface area contributed by atoms with Gasteiger partial charge in [-0.3, -0.25) is 23.7 Å². The van der Waals surface area contributed by atoms with Crippen molar-refractivity contribution in [2.24, 2.45) is 5.41 Å². The van der Waals surface area contributed by atoms with Crippen LogP contribution in [0.25, 0.3) is 0 Å². The van der Waals surface area contributed by atoms with Crippen LogP contribution in [0.5, 0.6) is 5.75 Å². The van der Waals surface area contributed by atoms with Crippen LogP contribution >= 0.6 is 7.75 Å². The summed E-state index contributed by atoms with van der Waals surface area (Å²) in [5.74, 6) is -0.400. The summed E-state index contributed by atoms with van der Waals surface area (Å²) in [6.45, 7) is 2.90. The van der Waals surface area contributed by atoms with Crippen LogP contribution < -0.4 is 20.9 Å². The number of aromatic amines is 1. The first-order valence-electron chi connectivity index (χ1n) is 11.3. The molecule has 1 aromatic heterocycles. The number of H-pyrrole nitrogens is 1. The molecule has 1 saturated heterocycles. The second-order valence-electron chi connectivity index (χ2n) is 8.52. The topological polar surface area (TPSA) is 158 Å². The summed E-state index contributed by atoms with van der Waals surface area (Å²) < 4.78 is 36.9. The zero-order valence-corrected chi connectivity index (χ0v) is 20.2. The van der Waals surface area contributed by atoms with E-state index < -0.39 is 54.9 Å². The van der Waals surface area contributed by atoms with Gasteiger partial charge in [0.2, 0.25) is 0 Å². The third-order valence-electron chi connectivity index (χ3n) is 6.04. The molecular weight excluding hydrogens is 481 g/mol. The summed E-state index contributed by atoms with van der Waals surface area (Å²) in [5.41, 5.74) is -1.94. The van der Waals surface area contributed by atoms with Crippen LogP contribution in [0.4, 0.5) is 0 Å². The number of aromatic nitrogens is 2. The van der Waals surface area contributed by atoms with Crippen LogP contribution in [0.3, 0.4) is 0 Å². The SMILES string of the molecule is CCOC(=O)[C@@H](C)NP(=O)(OC[C@H]1O[C@@H](n2ccc(=O)[nH]c2=O)C2(CC2)[C@@H]1O)Oc1ccccc1. The van der Waals surface area contributed by atoms with Crippen molar-refractivity contribution in [2.45, 2.75) is 51.2 Å². The number of esters is 1. The van der Waals surface area contributed by atoms with E-state index in [1.54, 1.807) is 37.3 Å². The number of benzene rings is 1. The van der Waals surface area contributed by atoms with Crippen molar-refractivity contribution < 1.29 is 33.0 Å². The summed E-state index contributed by atoms with van der Waals surface area (Å²) in [6.07, 6.45) is -0.313. The minimum atomic E-state index is -4.14. The Morgan fingerprint density at radius 3 is 2.66 bits per heavy atom. The maximum atomic E-state index is 13.6. The molecule has 1 spiro atoms. The van der Waals surface area contributed by atoms with Crippen LogP contribution in [0.15, 0.2) is 52.2 Å². The highest BCUT2D eigenvalue weighted by molar-refractivity contribution is 7.52. The Labute approximate surface area is 200 Å². The van der Waals surface area contributed by atoms with E-state index in [9.17, 15) is 24.1 Å². The highest BCUT2D eigenvalue weighted by Crippen LogP contribution is 2.62. The Hall–Kier alpha value is -2.76. The van der Waals surface area contributed by atoms with Crippen molar-refractivity contribution in [1.82, 2.24) is 14.6 Å². The molecule has 0 bridgehead atoms. The number of carbonyl (C=O) groups excluding carboxylic acids is 1. The molecule has 1 aliphatic heterocycles. The monoisotopic (exact) mass is 509 g/mol. The summed E-state index contributed by atoms with van der Waals surface area (Å²) in [5, 5.41) is 13.5. The minimum Gasteiger partial charge on any atom is -0.465 e. The average Bonchev–Trinajstić information content (AvgIpc) is 3.57. The van der Waals surface area contributed by atoms with Gasteiger partial charge < -0.3 is 19.1 Å². The molecule has 190 valence electrons. The molecule has 1 aliphatic carbocycles. The largest absolute Gasteiger partial charge is 0.465 e. The number of aliphatic hydroxyl groups is 1. The second-order valence-corrected chi connectivity index (χ2v) is 10.2. The first-order chi connectivity index (χ1) is 16.7. The lowest BCUT2D eigenvalue weighted by molar-refractivity contribution is -0.144. The predicted molar refractivity (Wildman–Crippen MR) is 123 cm³/mol. The maximum absolute atomic E-state index is 13.6. The van der Waals surface area contributed by atoms with Crippen LogP contribution in [0.2, 0.25) is 0 Å². The average molecular weight is 509 g/mol. The fourth-order valence-electron chi connectivity index (χ4n) is 4.10. The van der Waals surface area contributed by atoms with Crippen molar-refractivity contribution in [1.29, 1.82) is 0 Å². The Morgan fingerprint density at radius 1 is 1.31 bits per heavy atom. The summed E-state index contributed by atoms with van der Waals surface area (Å²) in [6, 6.07) is 8.45. The first kappa shape index (κ1) is 25.3. The van der Waals surface area contributed by atoms with E-state index in [1.165, 1.54) is 23.8 Å². The molecule has 13 heteroatoms. The normalized spacial score (nSPS) is 25.1. The van der Waals surface area contributed by atoms with Gasteiger partial charge in [0.25, 0.3) is 5.56 Å². The van der Waals surface area contributed by atoms with Crippen LogP contribution in [-0.4, -0.2) is 52.1 Å². The molecule has 0 amide bonds. The third kappa shape index (κ3) is 5.41. The molecule has 3 N–H and O–H groups in total. The fourth-order valence-corrected chi connectivity index (χ4v) is 5.60. The fraction of sp³-hybridized carbons (Fsp3) is 0.500. The van der Waals surface area contributed by atoms with Gasteiger partial charge in [-0.15, -0.1) is 0 Å². The van der Waals surface area contributed by atoms with Gasteiger partial charge in [0, 0.05) is 17.7 Å². The Bertz CT molecular complexity index is 1210. The van der Waals surface area contributed by atoms with Crippen molar-refractivity contribution in [3.63, 3.8) is 0 Å². The summed E-state index contributed by atoms with van der Waals surface area (Å²) in [7, 11) is -4.14. The molecular formula is C22H28N3O9P. The number of rotatable bonds is 10. The highest BCUT2D eigenvalue weighted by Gasteiger charge is 2.64. The number of nitrogens with one attached hydrogen (secondary N) is 2. The number of hydrogen-bond donors (Lipinski definition) is 3. The zero-order chi connectivity index (χ0) is 25.2. The first-order valence-corrected chi connectivity index (χ1v) is 12.8. The number of para-hydroxylation sites is 1. The van der Waals surface area contributed by atoms with Crippen molar-refractivity contribution in [2.75, 3.05) is 13.2 Å². The van der Waals surface area contributed by atoms with Gasteiger partial charge in [0.05, 0.1) is 19.3 Å². The highest BCUT2D eigenvalue weighted by atomic mass is 31.2. The summed E-state index contributed by atoms with van der Waals surface area (Å²) in [4.78, 5) is 38.0. The van der Waals surface area contributed by atoms with Gasteiger partial charge in [-0.1, -0.05) is 18.2 Å². The Balaban J connectivity index is 1.51. The van der Waals surface area contributed by atoms with E-state index in [2.05, 4.69) is 10.1 Å².